The van der Waals surface area contributed by atoms with Crippen molar-refractivity contribution in [3.63, 3.8) is 0 Å². The molecule has 0 fully saturated rings. The summed E-state index contributed by atoms with van der Waals surface area (Å²) in [7, 11) is 0. The second-order valence-electron chi connectivity index (χ2n) is 1.23. The fourth-order valence-corrected chi connectivity index (χ4v) is 0.310. The van der Waals surface area contributed by atoms with E-state index < -0.39 is 0 Å². The topological polar surface area (TPSA) is 49.8 Å². The summed E-state index contributed by atoms with van der Waals surface area (Å²) in [5.41, 5.74) is 5.53. The standard InChI is InChI=1S/C6H8N2/c1-2-3-6(4-7)5-8/h2-4H,7H2,1H3. The van der Waals surface area contributed by atoms with Crippen LogP contribution >= 0.6 is 0 Å². The Morgan fingerprint density at radius 2 is 2.38 bits per heavy atom. The van der Waals surface area contributed by atoms with Crippen molar-refractivity contribution >= 4 is 0 Å². The zero-order valence-corrected chi connectivity index (χ0v) is 4.76. The number of hydrogen-bond acceptors (Lipinski definition) is 2. The Hall–Kier alpha value is -1.23. The Balaban J connectivity index is 3.98. The van der Waals surface area contributed by atoms with E-state index in [0.29, 0.717) is 5.57 Å². The first kappa shape index (κ1) is 6.77. The maximum atomic E-state index is 8.21. The van der Waals surface area contributed by atoms with Gasteiger partial charge in [-0.15, -0.1) is 0 Å². The Kier molecular flexibility index (Phi) is 3.34. The fraction of sp³-hybridized carbons (Fsp3) is 0.167. The minimum absolute atomic E-state index is 0.493. The molecule has 2 nitrogen and oxygen atoms in total. The van der Waals surface area contributed by atoms with Gasteiger partial charge in [0.2, 0.25) is 0 Å². The van der Waals surface area contributed by atoms with Crippen molar-refractivity contribution in [2.24, 2.45) is 5.73 Å². The van der Waals surface area contributed by atoms with Crippen molar-refractivity contribution in [3.8, 4) is 6.07 Å². The molecule has 0 aliphatic heterocycles. The van der Waals surface area contributed by atoms with Gasteiger partial charge in [0, 0.05) is 6.20 Å². The lowest BCUT2D eigenvalue weighted by Crippen LogP contribution is -1.80. The quantitative estimate of drug-likeness (QED) is 0.401. The predicted molar refractivity (Wildman–Crippen MR) is 32.7 cm³/mol. The van der Waals surface area contributed by atoms with Crippen molar-refractivity contribution in [2.75, 3.05) is 0 Å². The first-order chi connectivity index (χ1) is 3.85. The molecule has 0 amide bonds. The molecule has 0 aliphatic carbocycles. The SMILES string of the molecule is CC=CC(C#N)=CN. The summed E-state index contributed by atoms with van der Waals surface area (Å²) in [5, 5.41) is 8.21. The predicted octanol–water partition coefficient (Wildman–Crippen LogP) is 0.929. The summed E-state index contributed by atoms with van der Waals surface area (Å²) >= 11 is 0. The van der Waals surface area contributed by atoms with E-state index in [1.54, 1.807) is 12.2 Å². The van der Waals surface area contributed by atoms with Crippen LogP contribution in [0.4, 0.5) is 0 Å². The van der Waals surface area contributed by atoms with Gasteiger partial charge in [-0.1, -0.05) is 6.08 Å². The number of nitriles is 1. The normalized spacial score (nSPS) is 11.8. The molecule has 0 aromatic carbocycles. The van der Waals surface area contributed by atoms with Crippen LogP contribution in [-0.4, -0.2) is 0 Å². The number of rotatable bonds is 1. The molecule has 2 heteroatoms. The molecule has 0 saturated heterocycles. The average molecular weight is 108 g/mol. The van der Waals surface area contributed by atoms with Crippen LogP contribution in [0, 0.1) is 11.3 Å². The highest BCUT2D eigenvalue weighted by Gasteiger charge is 1.79. The minimum atomic E-state index is 0.493. The van der Waals surface area contributed by atoms with Gasteiger partial charge in [-0.05, 0) is 13.0 Å². The summed E-state index contributed by atoms with van der Waals surface area (Å²) in [5.74, 6) is 0. The van der Waals surface area contributed by atoms with Crippen molar-refractivity contribution in [2.45, 2.75) is 6.92 Å². The van der Waals surface area contributed by atoms with Crippen LogP contribution in [0.15, 0.2) is 23.9 Å². The first-order valence-electron chi connectivity index (χ1n) is 2.29. The lowest BCUT2D eigenvalue weighted by atomic mass is 10.3. The smallest absolute Gasteiger partial charge is 0.101 e. The van der Waals surface area contributed by atoms with E-state index in [9.17, 15) is 0 Å². The second kappa shape index (κ2) is 3.94. The van der Waals surface area contributed by atoms with Gasteiger partial charge in [0.25, 0.3) is 0 Å². The van der Waals surface area contributed by atoms with Crippen molar-refractivity contribution < 1.29 is 0 Å². The van der Waals surface area contributed by atoms with Gasteiger partial charge in [0.1, 0.15) is 6.07 Å². The molecule has 0 rings (SSSR count). The van der Waals surface area contributed by atoms with Crippen LogP contribution < -0.4 is 5.73 Å². The molecule has 8 heavy (non-hydrogen) atoms. The number of allylic oxidation sites excluding steroid dienone is 3. The Morgan fingerprint density at radius 3 is 2.50 bits per heavy atom. The molecular weight excluding hydrogens is 100 g/mol. The first-order valence-corrected chi connectivity index (χ1v) is 2.29. The number of hydrogen-bond donors (Lipinski definition) is 1. The van der Waals surface area contributed by atoms with Gasteiger partial charge in [0.05, 0.1) is 5.57 Å². The van der Waals surface area contributed by atoms with Gasteiger partial charge < -0.3 is 5.73 Å². The maximum absolute atomic E-state index is 8.21. The summed E-state index contributed by atoms with van der Waals surface area (Å²) in [6.07, 6.45) is 4.70. The highest BCUT2D eigenvalue weighted by atomic mass is 14.5. The van der Waals surface area contributed by atoms with E-state index >= 15 is 0 Å². The molecule has 0 radical (unpaired) electrons. The van der Waals surface area contributed by atoms with E-state index in [0.717, 1.165) is 0 Å². The molecule has 0 heterocycles. The molecule has 42 valence electrons. The summed E-state index contributed by atoms with van der Waals surface area (Å²) in [4.78, 5) is 0. The number of nitrogens with zero attached hydrogens (tertiary/aromatic N) is 1. The Morgan fingerprint density at radius 1 is 1.75 bits per heavy atom. The summed E-state index contributed by atoms with van der Waals surface area (Å²) in [6, 6.07) is 1.90. The van der Waals surface area contributed by atoms with Crippen LogP contribution in [0.1, 0.15) is 6.92 Å². The van der Waals surface area contributed by atoms with Gasteiger partial charge >= 0.3 is 0 Å². The summed E-state index contributed by atoms with van der Waals surface area (Å²) < 4.78 is 0. The lowest BCUT2D eigenvalue weighted by Gasteiger charge is -1.78. The molecule has 0 unspecified atom stereocenters. The maximum Gasteiger partial charge on any atom is 0.101 e. The van der Waals surface area contributed by atoms with Crippen LogP contribution in [-0.2, 0) is 0 Å². The summed E-state index contributed by atoms with van der Waals surface area (Å²) in [6.45, 7) is 1.83. The molecule has 0 saturated carbocycles. The van der Waals surface area contributed by atoms with E-state index in [-0.39, 0.29) is 0 Å². The van der Waals surface area contributed by atoms with Crippen molar-refractivity contribution in [1.29, 1.82) is 5.26 Å². The van der Waals surface area contributed by atoms with Gasteiger partial charge in [-0.2, -0.15) is 5.26 Å². The Bertz CT molecular complexity index is 148. The molecule has 0 aromatic rings. The molecule has 0 atom stereocenters. The highest BCUT2D eigenvalue weighted by Crippen LogP contribution is 1.88. The third-order valence-electron chi connectivity index (χ3n) is 0.655. The highest BCUT2D eigenvalue weighted by molar-refractivity contribution is 5.31. The molecule has 0 spiro atoms. The van der Waals surface area contributed by atoms with E-state index in [4.69, 9.17) is 11.0 Å². The minimum Gasteiger partial charge on any atom is -0.404 e. The fourth-order valence-electron chi connectivity index (χ4n) is 0.310. The van der Waals surface area contributed by atoms with Gasteiger partial charge in [-0.25, -0.2) is 0 Å². The largest absolute Gasteiger partial charge is 0.404 e. The second-order valence-corrected chi connectivity index (χ2v) is 1.23. The zero-order valence-electron chi connectivity index (χ0n) is 4.76. The van der Waals surface area contributed by atoms with Crippen LogP contribution in [0.25, 0.3) is 0 Å². The third-order valence-corrected chi connectivity index (χ3v) is 0.655. The number of nitrogens with two attached hydrogens (primary N) is 1. The van der Waals surface area contributed by atoms with Crippen molar-refractivity contribution in [3.05, 3.63) is 23.9 Å². The lowest BCUT2D eigenvalue weighted by molar-refractivity contribution is 1.45. The third kappa shape index (κ3) is 2.04. The molecule has 2 N–H and O–H groups in total. The van der Waals surface area contributed by atoms with Crippen LogP contribution in [0.5, 0.6) is 0 Å². The van der Waals surface area contributed by atoms with E-state index in [1.165, 1.54) is 6.20 Å². The molecule has 0 aromatic heterocycles. The van der Waals surface area contributed by atoms with Crippen LogP contribution in [0.3, 0.4) is 0 Å². The Labute approximate surface area is 48.9 Å². The van der Waals surface area contributed by atoms with E-state index in [1.807, 2.05) is 13.0 Å². The molecule has 0 aliphatic rings. The van der Waals surface area contributed by atoms with Crippen molar-refractivity contribution in [1.82, 2.24) is 0 Å². The zero-order chi connectivity index (χ0) is 6.41. The molecular formula is C6H8N2. The average Bonchev–Trinajstić information content (AvgIpc) is 1.83. The van der Waals surface area contributed by atoms with Gasteiger partial charge in [0.15, 0.2) is 0 Å². The van der Waals surface area contributed by atoms with Gasteiger partial charge in [-0.3, -0.25) is 0 Å². The molecule has 0 bridgehead atoms. The monoisotopic (exact) mass is 108 g/mol. The van der Waals surface area contributed by atoms with Crippen LogP contribution in [0.2, 0.25) is 0 Å². The van der Waals surface area contributed by atoms with E-state index in [2.05, 4.69) is 0 Å².